The summed E-state index contributed by atoms with van der Waals surface area (Å²) in [6.45, 7) is 11.1. The SMILES string of the molecule is CC(C)[C@@H]1NC(=O)[C@@H](Cc2ccc(OCCCNC(=O)CCC(=O)NCCCOCCOCCOCCCNC(=O)OC(C)(C)C)cc2)NC(=O)[C@H](CC(=O)O)NC(=O)CNC(=O)[C@H](CCCN=C(N)NC(=O)C(F)(F)F)NC1=O. The number of hydrogen-bond acceptors (Lipinski definition) is 16. The first kappa shape index (κ1) is 68.8. The van der Waals surface area contributed by atoms with Gasteiger partial charge in [-0.25, -0.2) is 4.79 Å². The Labute approximate surface area is 461 Å². The van der Waals surface area contributed by atoms with Crippen LogP contribution in [0.4, 0.5) is 18.0 Å². The Balaban J connectivity index is 1.83. The van der Waals surface area contributed by atoms with Crippen LogP contribution in [0, 0.1) is 5.92 Å². The lowest BCUT2D eigenvalue weighted by atomic mass is 9.99. The molecule has 450 valence electrons. The molecule has 0 spiro atoms. The number of hydrogen-bond donors (Lipinski definition) is 11. The highest BCUT2D eigenvalue weighted by Gasteiger charge is 2.39. The average Bonchev–Trinajstić information content (AvgIpc) is 3.37. The number of ether oxygens (including phenoxy) is 5. The van der Waals surface area contributed by atoms with E-state index in [1.807, 2.05) is 0 Å². The molecule has 1 aliphatic heterocycles. The fourth-order valence-electron chi connectivity index (χ4n) is 6.92. The summed E-state index contributed by atoms with van der Waals surface area (Å²) < 4.78 is 65.2. The van der Waals surface area contributed by atoms with E-state index in [9.17, 15) is 66.2 Å². The number of amides is 9. The van der Waals surface area contributed by atoms with Gasteiger partial charge in [0.05, 0.1) is 46.0 Å². The quantitative estimate of drug-likeness (QED) is 0.0250. The number of benzene rings is 1. The number of alkyl halides is 3. The maximum absolute atomic E-state index is 14.0. The molecule has 1 aromatic rings. The zero-order valence-electron chi connectivity index (χ0n) is 45.8. The number of carboxylic acid groups (broad SMARTS) is 1. The lowest BCUT2D eigenvalue weighted by molar-refractivity contribution is -0.171. The highest BCUT2D eigenvalue weighted by atomic mass is 19.4. The van der Waals surface area contributed by atoms with Gasteiger partial charge in [-0.2, -0.15) is 13.2 Å². The second kappa shape index (κ2) is 36.8. The van der Waals surface area contributed by atoms with E-state index in [1.165, 1.54) is 5.32 Å². The Morgan fingerprint density at radius 1 is 0.700 bits per heavy atom. The number of carboxylic acids is 1. The van der Waals surface area contributed by atoms with Gasteiger partial charge < -0.3 is 77.1 Å². The lowest BCUT2D eigenvalue weighted by Crippen LogP contribution is -2.59. The number of halogens is 3. The van der Waals surface area contributed by atoms with Crippen molar-refractivity contribution in [3.8, 4) is 5.75 Å². The van der Waals surface area contributed by atoms with Crippen molar-refractivity contribution in [2.24, 2.45) is 16.6 Å². The molecular weight excluding hydrogens is 1070 g/mol. The van der Waals surface area contributed by atoms with Crippen LogP contribution in [0.1, 0.15) is 91.5 Å². The van der Waals surface area contributed by atoms with E-state index in [0.717, 1.165) is 0 Å². The van der Waals surface area contributed by atoms with Gasteiger partial charge in [-0.1, -0.05) is 26.0 Å². The Morgan fingerprint density at radius 2 is 1.24 bits per heavy atom. The van der Waals surface area contributed by atoms with E-state index in [2.05, 4.69) is 47.5 Å². The van der Waals surface area contributed by atoms with Crippen LogP contribution in [0.25, 0.3) is 0 Å². The van der Waals surface area contributed by atoms with Gasteiger partial charge in [0.2, 0.25) is 41.4 Å². The van der Waals surface area contributed by atoms with Gasteiger partial charge in [-0.05, 0) is 76.5 Å². The molecule has 2 rings (SSSR count). The van der Waals surface area contributed by atoms with E-state index in [1.54, 1.807) is 58.9 Å². The molecule has 4 atom stereocenters. The van der Waals surface area contributed by atoms with Crippen LogP contribution < -0.4 is 58.3 Å². The fourth-order valence-corrected chi connectivity index (χ4v) is 6.92. The Hall–Kier alpha value is -7.34. The average molecular weight is 1150 g/mol. The van der Waals surface area contributed by atoms with Crippen LogP contribution in [0.2, 0.25) is 0 Å². The largest absolute Gasteiger partial charge is 0.494 e. The normalized spacial score (nSPS) is 17.8. The van der Waals surface area contributed by atoms with Crippen molar-refractivity contribution in [2.75, 3.05) is 79.0 Å². The van der Waals surface area contributed by atoms with Crippen LogP contribution in [0.15, 0.2) is 29.3 Å². The summed E-state index contributed by atoms with van der Waals surface area (Å²) in [5.74, 6) is -10.3. The molecule has 1 aromatic carbocycles. The fraction of sp³-hybridized carbons (Fsp3) is 0.660. The summed E-state index contributed by atoms with van der Waals surface area (Å²) in [6.07, 6.45) is -5.57. The monoisotopic (exact) mass is 1150 g/mol. The van der Waals surface area contributed by atoms with Crippen molar-refractivity contribution in [1.29, 1.82) is 0 Å². The maximum atomic E-state index is 14.0. The molecular formula is C50H78F3N11O16. The van der Waals surface area contributed by atoms with Crippen LogP contribution in [0.3, 0.4) is 0 Å². The highest BCUT2D eigenvalue weighted by molar-refractivity contribution is 5.99. The number of carbonyl (C=O) groups excluding carboxylic acids is 9. The number of nitrogens with one attached hydrogen (secondary N) is 9. The molecule has 12 N–H and O–H groups in total. The first-order chi connectivity index (χ1) is 37.7. The van der Waals surface area contributed by atoms with Crippen molar-refractivity contribution >= 4 is 65.3 Å². The van der Waals surface area contributed by atoms with Crippen molar-refractivity contribution in [1.82, 2.24) is 47.9 Å². The molecule has 0 bridgehead atoms. The number of carbonyl (C=O) groups is 10. The minimum absolute atomic E-state index is 0.00511. The van der Waals surface area contributed by atoms with Gasteiger partial charge in [0, 0.05) is 58.7 Å². The Morgan fingerprint density at radius 3 is 1.79 bits per heavy atom. The maximum Gasteiger partial charge on any atom is 0.471 e. The zero-order chi connectivity index (χ0) is 59.7. The molecule has 0 radical (unpaired) electrons. The van der Waals surface area contributed by atoms with E-state index < -0.39 is 108 Å². The molecule has 0 aromatic heterocycles. The molecule has 0 saturated carbocycles. The highest BCUT2D eigenvalue weighted by Crippen LogP contribution is 2.16. The summed E-state index contributed by atoms with van der Waals surface area (Å²) in [5, 5.41) is 31.1. The lowest BCUT2D eigenvalue weighted by Gasteiger charge is -2.27. The number of aliphatic carboxylic acids is 1. The standard InChI is InChI=1S/C50H78F3N11O16/c1-31(2)41-45(73)61-34(10-6-17-57-47(54)64-46(74)50(51,52)53)42(70)59-30-39(67)60-36(29-40(68)69)43(71)62-35(44(72)63-41)28-32-11-13-33(14-12-32)79-23-9-19-56-38(66)16-15-37(65)55-18-7-21-76-24-26-78-27-25-77-22-8-20-58-48(75)80-49(3,4)5/h11-14,31,34-36,41H,6-10,15-30H2,1-5H3,(H,55,65)(H,56,66)(H,58,75)(H,59,70)(H,60,67)(H,61,73)(H,62,71)(H,63,72)(H,68,69)(H3,54,57,64,74)/t34-,35+,36-,41-/m0/s1. The van der Waals surface area contributed by atoms with Crippen LogP contribution in [-0.2, 0) is 68.5 Å². The van der Waals surface area contributed by atoms with Gasteiger partial charge in [0.25, 0.3) is 0 Å². The number of nitrogens with zero attached hydrogens (tertiary/aromatic N) is 1. The minimum Gasteiger partial charge on any atom is -0.494 e. The third-order valence-electron chi connectivity index (χ3n) is 10.9. The third kappa shape index (κ3) is 31.3. The molecule has 0 unspecified atom stereocenters. The number of guanidine groups is 1. The number of alkyl carbamates (subject to hydrolysis) is 1. The number of nitrogens with two attached hydrogens (primary N) is 1. The summed E-state index contributed by atoms with van der Waals surface area (Å²) in [6, 6.07) is 0.413. The van der Waals surface area contributed by atoms with Crippen molar-refractivity contribution in [2.45, 2.75) is 128 Å². The second-order valence-electron chi connectivity index (χ2n) is 19.4. The predicted molar refractivity (Wildman–Crippen MR) is 279 cm³/mol. The summed E-state index contributed by atoms with van der Waals surface area (Å²) in [7, 11) is 0. The molecule has 1 saturated heterocycles. The molecule has 1 aliphatic rings. The summed E-state index contributed by atoms with van der Waals surface area (Å²) in [5.41, 5.74) is 5.28. The van der Waals surface area contributed by atoms with Crippen molar-refractivity contribution < 1.29 is 89.9 Å². The Kier molecular flexibility index (Phi) is 31.6. The first-order valence-electron chi connectivity index (χ1n) is 26.1. The molecule has 0 aliphatic carbocycles. The zero-order valence-corrected chi connectivity index (χ0v) is 45.8. The molecule has 9 amide bonds. The molecule has 1 heterocycles. The molecule has 1 fully saturated rings. The number of rotatable bonds is 31. The second-order valence-corrected chi connectivity index (χ2v) is 19.4. The van der Waals surface area contributed by atoms with E-state index in [-0.39, 0.29) is 63.6 Å². The van der Waals surface area contributed by atoms with E-state index in [4.69, 9.17) is 29.4 Å². The summed E-state index contributed by atoms with van der Waals surface area (Å²) in [4.78, 5) is 130. The molecule has 27 nitrogen and oxygen atoms in total. The van der Waals surface area contributed by atoms with E-state index >= 15 is 0 Å². The van der Waals surface area contributed by atoms with Gasteiger partial charge >= 0.3 is 24.1 Å². The van der Waals surface area contributed by atoms with Crippen LogP contribution in [0.5, 0.6) is 5.75 Å². The van der Waals surface area contributed by atoms with Gasteiger partial charge in [-0.3, -0.25) is 53.5 Å². The molecule has 30 heteroatoms. The van der Waals surface area contributed by atoms with Crippen molar-refractivity contribution in [3.63, 3.8) is 0 Å². The van der Waals surface area contributed by atoms with Gasteiger partial charge in [-0.15, -0.1) is 0 Å². The molecule has 80 heavy (non-hydrogen) atoms. The third-order valence-corrected chi connectivity index (χ3v) is 10.9. The van der Waals surface area contributed by atoms with Gasteiger partial charge in [0.1, 0.15) is 35.5 Å². The predicted octanol–water partition coefficient (Wildman–Crippen LogP) is -0.662. The van der Waals surface area contributed by atoms with Crippen LogP contribution in [-0.4, -0.2) is 185 Å². The van der Waals surface area contributed by atoms with E-state index in [0.29, 0.717) is 83.3 Å². The van der Waals surface area contributed by atoms with Gasteiger partial charge in [0.15, 0.2) is 5.96 Å². The van der Waals surface area contributed by atoms with Crippen LogP contribution >= 0.6 is 0 Å². The topological polar surface area (TPSA) is 384 Å². The number of aliphatic imine (C=N–C) groups is 1. The Bertz CT molecular complexity index is 2220. The summed E-state index contributed by atoms with van der Waals surface area (Å²) >= 11 is 0. The minimum atomic E-state index is -5.23. The smallest absolute Gasteiger partial charge is 0.471 e. The van der Waals surface area contributed by atoms with Crippen molar-refractivity contribution in [3.05, 3.63) is 29.8 Å². The first-order valence-corrected chi connectivity index (χ1v) is 26.1.